The zero-order chi connectivity index (χ0) is 22.7. The molecule has 7 nitrogen and oxygen atoms in total. The monoisotopic (exact) mass is 455 g/mol. The van der Waals surface area contributed by atoms with Crippen LogP contribution in [0.1, 0.15) is 24.7 Å². The van der Waals surface area contributed by atoms with Crippen LogP contribution in [-0.2, 0) is 29.7 Å². The minimum atomic E-state index is -3.47. The molecule has 2 heterocycles. The van der Waals surface area contributed by atoms with Gasteiger partial charge < -0.3 is 4.57 Å². The molecule has 1 fully saturated rings. The summed E-state index contributed by atoms with van der Waals surface area (Å²) in [6, 6.07) is 15.9. The third kappa shape index (κ3) is 4.88. The molecule has 3 aromatic rings. The van der Waals surface area contributed by atoms with Crippen LogP contribution in [0.2, 0.25) is 0 Å². The number of imidazole rings is 1. The molecule has 1 aliphatic heterocycles. The first kappa shape index (κ1) is 22.9. The van der Waals surface area contributed by atoms with E-state index in [1.807, 2.05) is 6.07 Å². The minimum Gasteiger partial charge on any atom is -0.327 e. The molecule has 0 unspecified atom stereocenters. The highest BCUT2D eigenvalue weighted by Crippen LogP contribution is 2.23. The van der Waals surface area contributed by atoms with Gasteiger partial charge in [-0.05, 0) is 50.2 Å². The van der Waals surface area contributed by atoms with Gasteiger partial charge in [-0.15, -0.1) is 0 Å². The van der Waals surface area contributed by atoms with Crippen molar-refractivity contribution in [2.24, 2.45) is 0 Å². The van der Waals surface area contributed by atoms with Crippen molar-refractivity contribution in [2.45, 2.75) is 37.9 Å². The molecule has 0 aliphatic carbocycles. The van der Waals surface area contributed by atoms with Crippen molar-refractivity contribution in [2.75, 3.05) is 40.3 Å². The lowest BCUT2D eigenvalue weighted by Crippen LogP contribution is -2.31. The Morgan fingerprint density at radius 3 is 2.28 bits per heavy atom. The first-order chi connectivity index (χ1) is 15.4. The predicted molar refractivity (Wildman–Crippen MR) is 128 cm³/mol. The Hall–Kier alpha value is -2.26. The van der Waals surface area contributed by atoms with E-state index in [4.69, 9.17) is 4.98 Å². The number of nitrogens with zero attached hydrogens (tertiary/aromatic N) is 5. The Morgan fingerprint density at radius 2 is 1.62 bits per heavy atom. The molecule has 2 aromatic carbocycles. The van der Waals surface area contributed by atoms with Gasteiger partial charge in [-0.1, -0.05) is 30.3 Å². The molecule has 4 rings (SSSR count). The maximum absolute atomic E-state index is 12.5. The Bertz CT molecular complexity index is 1160. The number of hydrogen-bond acceptors (Lipinski definition) is 5. The van der Waals surface area contributed by atoms with E-state index < -0.39 is 10.0 Å². The topological polar surface area (TPSA) is 61.7 Å². The molecule has 1 aromatic heterocycles. The quantitative estimate of drug-likeness (QED) is 0.548. The molecule has 0 saturated carbocycles. The van der Waals surface area contributed by atoms with Crippen molar-refractivity contribution in [3.05, 3.63) is 59.9 Å². The molecule has 8 heteroatoms. The largest absolute Gasteiger partial charge is 0.327 e. The first-order valence-corrected chi connectivity index (χ1v) is 12.7. The highest BCUT2D eigenvalue weighted by Gasteiger charge is 2.21. The van der Waals surface area contributed by atoms with Gasteiger partial charge in [-0.2, -0.15) is 0 Å². The number of aromatic nitrogens is 2. The zero-order valence-corrected chi connectivity index (χ0v) is 20.1. The Kier molecular flexibility index (Phi) is 6.95. The van der Waals surface area contributed by atoms with Crippen LogP contribution in [0.4, 0.5) is 0 Å². The summed E-state index contributed by atoms with van der Waals surface area (Å²) in [6.07, 6.45) is 1.13. The third-order valence-corrected chi connectivity index (χ3v) is 8.00. The van der Waals surface area contributed by atoms with E-state index in [9.17, 15) is 8.42 Å². The summed E-state index contributed by atoms with van der Waals surface area (Å²) < 4.78 is 28.5. The second-order valence-electron chi connectivity index (χ2n) is 8.60. The number of aryl methyl sites for hydroxylation is 1. The lowest BCUT2D eigenvalue weighted by molar-refractivity contribution is 0.242. The predicted octanol–water partition coefficient (Wildman–Crippen LogP) is 3.01. The molecule has 0 radical (unpaired) electrons. The molecule has 1 aliphatic rings. The van der Waals surface area contributed by atoms with Gasteiger partial charge in [0.2, 0.25) is 10.0 Å². The van der Waals surface area contributed by atoms with Crippen molar-refractivity contribution in [1.82, 2.24) is 23.7 Å². The van der Waals surface area contributed by atoms with Crippen LogP contribution in [-0.4, -0.2) is 72.3 Å². The average molecular weight is 456 g/mol. The van der Waals surface area contributed by atoms with E-state index in [1.165, 1.54) is 9.87 Å². The second kappa shape index (κ2) is 9.70. The average Bonchev–Trinajstić information content (AvgIpc) is 2.98. The maximum atomic E-state index is 12.5. The van der Waals surface area contributed by atoms with Gasteiger partial charge in [0.15, 0.2) is 0 Å². The standard InChI is InChI=1S/C24H33N5O2S/c1-4-29-23-12-11-21(32(30,31)26(2)3)17-22(23)25-24(29)19-28-14-8-13-27(15-16-28)18-20-9-6-5-7-10-20/h5-7,9-12,17H,4,8,13-16,18-19H2,1-3H3. The fourth-order valence-electron chi connectivity index (χ4n) is 4.39. The number of hydrogen-bond donors (Lipinski definition) is 0. The van der Waals surface area contributed by atoms with Gasteiger partial charge in [-0.25, -0.2) is 17.7 Å². The summed E-state index contributed by atoms with van der Waals surface area (Å²) in [4.78, 5) is 10.1. The van der Waals surface area contributed by atoms with Crippen molar-refractivity contribution < 1.29 is 8.42 Å². The first-order valence-electron chi connectivity index (χ1n) is 11.3. The van der Waals surface area contributed by atoms with Crippen LogP contribution in [0.3, 0.4) is 0 Å². The fraction of sp³-hybridized carbons (Fsp3) is 0.458. The van der Waals surface area contributed by atoms with Crippen molar-refractivity contribution in [3.63, 3.8) is 0 Å². The van der Waals surface area contributed by atoms with Crippen LogP contribution in [0.25, 0.3) is 11.0 Å². The number of rotatable bonds is 7. The summed E-state index contributed by atoms with van der Waals surface area (Å²) in [5.41, 5.74) is 3.09. The summed E-state index contributed by atoms with van der Waals surface area (Å²) in [6.45, 7) is 8.85. The van der Waals surface area contributed by atoms with Gasteiger partial charge in [0.25, 0.3) is 0 Å². The van der Waals surface area contributed by atoms with Gasteiger partial charge in [-0.3, -0.25) is 9.80 Å². The van der Waals surface area contributed by atoms with E-state index in [0.717, 1.165) is 69.1 Å². The lowest BCUT2D eigenvalue weighted by atomic mass is 10.2. The summed E-state index contributed by atoms with van der Waals surface area (Å²) in [5.74, 6) is 0.999. The minimum absolute atomic E-state index is 0.286. The van der Waals surface area contributed by atoms with Crippen molar-refractivity contribution in [3.8, 4) is 0 Å². The molecule has 0 spiro atoms. The van der Waals surface area contributed by atoms with E-state index in [-0.39, 0.29) is 4.90 Å². The van der Waals surface area contributed by atoms with Gasteiger partial charge >= 0.3 is 0 Å². The van der Waals surface area contributed by atoms with Crippen LogP contribution >= 0.6 is 0 Å². The second-order valence-corrected chi connectivity index (χ2v) is 10.8. The van der Waals surface area contributed by atoms with Crippen LogP contribution in [0.15, 0.2) is 53.4 Å². The Labute approximate surface area is 191 Å². The third-order valence-electron chi connectivity index (χ3n) is 6.19. The molecule has 172 valence electrons. The normalized spacial score (nSPS) is 16.6. The zero-order valence-electron chi connectivity index (χ0n) is 19.2. The summed E-state index contributed by atoms with van der Waals surface area (Å²) in [5, 5.41) is 0. The highest BCUT2D eigenvalue weighted by molar-refractivity contribution is 7.89. The van der Waals surface area contributed by atoms with Gasteiger partial charge in [0.1, 0.15) is 5.82 Å². The lowest BCUT2D eigenvalue weighted by Gasteiger charge is -2.22. The molecule has 32 heavy (non-hydrogen) atoms. The SMILES string of the molecule is CCn1c(CN2CCCN(Cc3ccccc3)CC2)nc2cc(S(=O)(=O)N(C)C)ccc21. The Morgan fingerprint density at radius 1 is 0.938 bits per heavy atom. The summed E-state index contributed by atoms with van der Waals surface area (Å²) in [7, 11) is -0.371. The number of fused-ring (bicyclic) bond motifs is 1. The van der Waals surface area contributed by atoms with E-state index >= 15 is 0 Å². The smallest absolute Gasteiger partial charge is 0.242 e. The highest BCUT2D eigenvalue weighted by atomic mass is 32.2. The van der Waals surface area contributed by atoms with Gasteiger partial charge in [0, 0.05) is 40.3 Å². The Balaban J connectivity index is 1.49. The molecule has 0 N–H and O–H groups in total. The van der Waals surface area contributed by atoms with Crippen LogP contribution in [0.5, 0.6) is 0 Å². The van der Waals surface area contributed by atoms with Crippen LogP contribution < -0.4 is 0 Å². The molecule has 1 saturated heterocycles. The molecular weight excluding hydrogens is 422 g/mol. The maximum Gasteiger partial charge on any atom is 0.242 e. The van der Waals surface area contributed by atoms with Crippen molar-refractivity contribution in [1.29, 1.82) is 0 Å². The van der Waals surface area contributed by atoms with Gasteiger partial charge in [0.05, 0.1) is 22.5 Å². The number of benzene rings is 2. The fourth-order valence-corrected chi connectivity index (χ4v) is 5.31. The van der Waals surface area contributed by atoms with Crippen LogP contribution in [0, 0.1) is 0 Å². The molecular formula is C24H33N5O2S. The number of sulfonamides is 1. The molecule has 0 atom stereocenters. The molecule has 0 amide bonds. The van der Waals surface area contributed by atoms with E-state index in [0.29, 0.717) is 0 Å². The van der Waals surface area contributed by atoms with Crippen molar-refractivity contribution >= 4 is 21.1 Å². The van der Waals surface area contributed by atoms with E-state index in [2.05, 4.69) is 51.6 Å². The summed E-state index contributed by atoms with van der Waals surface area (Å²) >= 11 is 0. The molecule has 0 bridgehead atoms. The van der Waals surface area contributed by atoms with E-state index in [1.54, 1.807) is 26.2 Å².